The molecule has 2 rings (SSSR count). The van der Waals surface area contributed by atoms with Gasteiger partial charge in [0, 0.05) is 29.9 Å². The molecule has 0 bridgehead atoms. The second-order valence-corrected chi connectivity index (χ2v) is 8.26. The van der Waals surface area contributed by atoms with Crippen LogP contribution in [0.2, 0.25) is 0 Å². The summed E-state index contributed by atoms with van der Waals surface area (Å²) in [5.41, 5.74) is 7.06. The molecule has 1 aliphatic rings. The van der Waals surface area contributed by atoms with Gasteiger partial charge in [-0.15, -0.1) is 12.4 Å². The highest BCUT2D eigenvalue weighted by atomic mass is 35.5. The molecule has 1 fully saturated rings. The summed E-state index contributed by atoms with van der Waals surface area (Å²) in [6.45, 7) is 4.46. The summed E-state index contributed by atoms with van der Waals surface area (Å²) in [4.78, 5) is 14.6. The molecule has 1 aromatic rings. The maximum absolute atomic E-state index is 12.7. The first-order valence-corrected chi connectivity index (χ1v) is 10.2. The zero-order valence-corrected chi connectivity index (χ0v) is 16.4. The van der Waals surface area contributed by atoms with Gasteiger partial charge in [-0.25, -0.2) is 8.42 Å². The first-order chi connectivity index (χ1) is 11.3. The van der Waals surface area contributed by atoms with Crippen molar-refractivity contribution in [2.24, 2.45) is 5.73 Å². The number of sulfonamides is 1. The Morgan fingerprint density at radius 2 is 1.96 bits per heavy atom. The van der Waals surface area contributed by atoms with Gasteiger partial charge in [0.25, 0.3) is 5.91 Å². The van der Waals surface area contributed by atoms with Crippen LogP contribution in [0.15, 0.2) is 24.3 Å². The molecule has 1 amide bonds. The van der Waals surface area contributed by atoms with Crippen LogP contribution in [-0.4, -0.2) is 43.6 Å². The fraction of sp³-hybridized carbons (Fsp3) is 0.588. The van der Waals surface area contributed by atoms with Crippen LogP contribution in [-0.2, 0) is 10.0 Å². The molecule has 0 radical (unpaired) electrons. The molecule has 0 saturated carbocycles. The van der Waals surface area contributed by atoms with E-state index in [1.165, 1.54) is 0 Å². The molecule has 0 spiro atoms. The molecule has 3 N–H and O–H groups in total. The summed E-state index contributed by atoms with van der Waals surface area (Å²) in [6.07, 6.45) is 3.57. The summed E-state index contributed by atoms with van der Waals surface area (Å²) in [6, 6.07) is 6.59. The summed E-state index contributed by atoms with van der Waals surface area (Å²) in [5.74, 6) is 0.0392. The van der Waals surface area contributed by atoms with Gasteiger partial charge < -0.3 is 10.6 Å². The van der Waals surface area contributed by atoms with Crippen LogP contribution in [0.5, 0.6) is 0 Å². The Balaban J connectivity index is 0.00000312. The minimum absolute atomic E-state index is 0. The number of rotatable bonds is 6. The van der Waals surface area contributed by atoms with E-state index >= 15 is 0 Å². The number of likely N-dealkylation sites (tertiary alicyclic amines) is 1. The van der Waals surface area contributed by atoms with Gasteiger partial charge in [-0.2, -0.15) is 0 Å². The average Bonchev–Trinajstić information content (AvgIpc) is 2.54. The number of hydrogen-bond acceptors (Lipinski definition) is 4. The average molecular weight is 390 g/mol. The number of hydrogen-bond donors (Lipinski definition) is 2. The number of anilines is 1. The number of nitrogens with two attached hydrogens (primary N) is 1. The molecule has 8 heteroatoms. The molecule has 2 atom stereocenters. The van der Waals surface area contributed by atoms with E-state index < -0.39 is 10.0 Å². The largest absolute Gasteiger partial charge is 0.334 e. The van der Waals surface area contributed by atoms with Gasteiger partial charge in [0.1, 0.15) is 0 Å². The van der Waals surface area contributed by atoms with Crippen molar-refractivity contribution in [1.82, 2.24) is 4.90 Å². The third kappa shape index (κ3) is 5.87. The number of carbonyl (C=O) groups is 1. The molecular formula is C17H28ClN3O3S. The summed E-state index contributed by atoms with van der Waals surface area (Å²) in [7, 11) is -3.32. The normalized spacial score (nSPS) is 19.0. The van der Waals surface area contributed by atoms with Gasteiger partial charge in [-0.3, -0.25) is 9.52 Å². The van der Waals surface area contributed by atoms with Gasteiger partial charge >= 0.3 is 0 Å². The Morgan fingerprint density at radius 1 is 1.32 bits per heavy atom. The van der Waals surface area contributed by atoms with E-state index in [4.69, 9.17) is 5.73 Å². The number of carbonyl (C=O) groups excluding carboxylic acids is 1. The van der Waals surface area contributed by atoms with E-state index in [-0.39, 0.29) is 36.2 Å². The van der Waals surface area contributed by atoms with E-state index in [1.54, 1.807) is 24.3 Å². The lowest BCUT2D eigenvalue weighted by molar-refractivity contribution is 0.0584. The predicted octanol–water partition coefficient (Wildman–Crippen LogP) is 2.60. The lowest BCUT2D eigenvalue weighted by Crippen LogP contribution is -2.51. The zero-order valence-electron chi connectivity index (χ0n) is 14.8. The van der Waals surface area contributed by atoms with Gasteiger partial charge in [0.2, 0.25) is 10.0 Å². The van der Waals surface area contributed by atoms with Crippen molar-refractivity contribution in [1.29, 1.82) is 0 Å². The predicted molar refractivity (Wildman–Crippen MR) is 104 cm³/mol. The Kier molecular flexibility index (Phi) is 8.18. The number of nitrogens with one attached hydrogen (secondary N) is 1. The van der Waals surface area contributed by atoms with Crippen molar-refractivity contribution in [2.75, 3.05) is 17.0 Å². The smallest absolute Gasteiger partial charge is 0.254 e. The Hall–Kier alpha value is -1.31. The first kappa shape index (κ1) is 21.7. The van der Waals surface area contributed by atoms with Gasteiger partial charge in [-0.1, -0.05) is 6.92 Å². The lowest BCUT2D eigenvalue weighted by atomic mass is 9.96. The first-order valence-electron chi connectivity index (χ1n) is 8.51. The van der Waals surface area contributed by atoms with Gasteiger partial charge in [0.15, 0.2) is 0 Å². The van der Waals surface area contributed by atoms with E-state index in [0.29, 0.717) is 17.7 Å². The molecule has 1 aliphatic heterocycles. The Labute approximate surface area is 156 Å². The van der Waals surface area contributed by atoms with Crippen LogP contribution in [0.3, 0.4) is 0 Å². The second kappa shape index (κ2) is 9.40. The minimum atomic E-state index is -3.32. The number of nitrogens with zero attached hydrogens (tertiary/aromatic N) is 1. The van der Waals surface area contributed by atoms with Crippen molar-refractivity contribution in [3.8, 4) is 0 Å². The molecule has 1 heterocycles. The molecule has 0 aromatic heterocycles. The molecule has 6 nitrogen and oxygen atoms in total. The maximum Gasteiger partial charge on any atom is 0.254 e. The lowest BCUT2D eigenvalue weighted by Gasteiger charge is -2.38. The number of halogens is 1. The fourth-order valence-corrected chi connectivity index (χ4v) is 4.24. The summed E-state index contributed by atoms with van der Waals surface area (Å²) >= 11 is 0. The molecule has 1 aromatic carbocycles. The number of piperidine rings is 1. The van der Waals surface area contributed by atoms with Crippen molar-refractivity contribution >= 4 is 34.0 Å². The van der Waals surface area contributed by atoms with E-state index in [2.05, 4.69) is 4.72 Å². The second-order valence-electron chi connectivity index (χ2n) is 6.42. The number of benzene rings is 1. The van der Waals surface area contributed by atoms with Crippen molar-refractivity contribution in [2.45, 2.75) is 51.6 Å². The van der Waals surface area contributed by atoms with Crippen LogP contribution >= 0.6 is 12.4 Å². The fourth-order valence-electron chi connectivity index (χ4n) is 3.10. The summed E-state index contributed by atoms with van der Waals surface area (Å²) < 4.78 is 26.1. The highest BCUT2D eigenvalue weighted by Crippen LogP contribution is 2.22. The Morgan fingerprint density at radius 3 is 2.52 bits per heavy atom. The van der Waals surface area contributed by atoms with Crippen LogP contribution in [0.4, 0.5) is 5.69 Å². The molecule has 0 aliphatic carbocycles. The topological polar surface area (TPSA) is 92.5 Å². The quantitative estimate of drug-likeness (QED) is 0.782. The highest BCUT2D eigenvalue weighted by Gasteiger charge is 2.29. The molecule has 142 valence electrons. The van der Waals surface area contributed by atoms with E-state index in [1.807, 2.05) is 18.7 Å². The van der Waals surface area contributed by atoms with Crippen molar-refractivity contribution in [3.63, 3.8) is 0 Å². The SMILES string of the molecule is CCCS(=O)(=O)Nc1ccc(C(=O)N2CCCCC2C(C)N)cc1.Cl. The van der Waals surface area contributed by atoms with Crippen LogP contribution < -0.4 is 10.5 Å². The third-order valence-corrected chi connectivity index (χ3v) is 5.79. The molecule has 2 unspecified atom stereocenters. The van der Waals surface area contributed by atoms with E-state index in [9.17, 15) is 13.2 Å². The molecule has 1 saturated heterocycles. The maximum atomic E-state index is 12.7. The van der Waals surface area contributed by atoms with Crippen molar-refractivity contribution in [3.05, 3.63) is 29.8 Å². The van der Waals surface area contributed by atoms with Crippen LogP contribution in [0.25, 0.3) is 0 Å². The van der Waals surface area contributed by atoms with Crippen LogP contribution in [0, 0.1) is 0 Å². The van der Waals surface area contributed by atoms with Crippen molar-refractivity contribution < 1.29 is 13.2 Å². The van der Waals surface area contributed by atoms with Gasteiger partial charge in [0.05, 0.1) is 5.75 Å². The highest BCUT2D eigenvalue weighted by molar-refractivity contribution is 7.92. The van der Waals surface area contributed by atoms with Gasteiger partial charge in [-0.05, 0) is 56.9 Å². The molecule has 25 heavy (non-hydrogen) atoms. The zero-order chi connectivity index (χ0) is 17.7. The number of amides is 1. The van der Waals surface area contributed by atoms with Crippen LogP contribution in [0.1, 0.15) is 49.9 Å². The summed E-state index contributed by atoms with van der Waals surface area (Å²) in [5, 5.41) is 0. The minimum Gasteiger partial charge on any atom is -0.334 e. The monoisotopic (exact) mass is 389 g/mol. The standard InChI is InChI=1S/C17H27N3O3S.ClH/c1-3-12-24(22,23)19-15-9-7-14(8-10-15)17(21)20-11-5-4-6-16(20)13(2)18;/h7-10,13,16,19H,3-6,11-12,18H2,1-2H3;1H. The molecular weight excluding hydrogens is 362 g/mol. The Bertz CT molecular complexity index is 662. The van der Waals surface area contributed by atoms with E-state index in [0.717, 1.165) is 25.8 Å². The third-order valence-electron chi connectivity index (χ3n) is 4.30.